The monoisotopic (exact) mass is 181 g/mol. The fourth-order valence-electron chi connectivity index (χ4n) is 1.64. The molecule has 0 aromatic carbocycles. The molecule has 0 spiro atoms. The zero-order valence-electron chi connectivity index (χ0n) is 7.92. The van der Waals surface area contributed by atoms with E-state index in [-0.39, 0.29) is 0 Å². The lowest BCUT2D eigenvalue weighted by atomic mass is 9.98. The summed E-state index contributed by atoms with van der Waals surface area (Å²) >= 11 is 0. The summed E-state index contributed by atoms with van der Waals surface area (Å²) in [5, 5.41) is 11.4. The molecule has 1 aliphatic rings. The van der Waals surface area contributed by atoms with Gasteiger partial charge in [0.25, 0.3) is 0 Å². The van der Waals surface area contributed by atoms with Crippen LogP contribution in [-0.4, -0.2) is 23.3 Å². The summed E-state index contributed by atoms with van der Waals surface area (Å²) in [6, 6.07) is 0. The van der Waals surface area contributed by atoms with Gasteiger partial charge in [0.2, 0.25) is 11.8 Å². The Balaban J connectivity index is 2.05. The van der Waals surface area contributed by atoms with E-state index in [1.807, 2.05) is 6.92 Å². The molecular formula is C9H15N3O. The lowest BCUT2D eigenvalue weighted by Crippen LogP contribution is -2.26. The van der Waals surface area contributed by atoms with Gasteiger partial charge in [-0.2, -0.15) is 0 Å². The van der Waals surface area contributed by atoms with Crippen LogP contribution in [0, 0.1) is 0 Å². The first-order chi connectivity index (χ1) is 6.40. The molecular weight excluding hydrogens is 166 g/mol. The maximum Gasteiger partial charge on any atom is 0.219 e. The average molecular weight is 181 g/mol. The fraction of sp³-hybridized carbons (Fsp3) is 0.778. The highest BCUT2D eigenvalue weighted by atomic mass is 16.4. The van der Waals surface area contributed by atoms with E-state index >= 15 is 0 Å². The number of aryl methyl sites for hydroxylation is 1. The van der Waals surface area contributed by atoms with Crippen LogP contribution in [0.15, 0.2) is 4.42 Å². The predicted molar refractivity (Wildman–Crippen MR) is 48.5 cm³/mol. The van der Waals surface area contributed by atoms with Gasteiger partial charge in [-0.05, 0) is 25.9 Å². The van der Waals surface area contributed by atoms with Crippen molar-refractivity contribution < 1.29 is 4.42 Å². The van der Waals surface area contributed by atoms with Gasteiger partial charge in [-0.3, -0.25) is 0 Å². The summed E-state index contributed by atoms with van der Waals surface area (Å²) in [6.45, 7) is 4.16. The van der Waals surface area contributed by atoms with Crippen molar-refractivity contribution in [2.75, 3.05) is 13.1 Å². The minimum Gasteiger partial charge on any atom is -0.425 e. The highest BCUT2D eigenvalue weighted by Gasteiger charge is 2.20. The van der Waals surface area contributed by atoms with Crippen molar-refractivity contribution >= 4 is 0 Å². The Morgan fingerprint density at radius 3 is 2.77 bits per heavy atom. The van der Waals surface area contributed by atoms with Crippen LogP contribution < -0.4 is 5.32 Å². The molecule has 1 saturated heterocycles. The fourth-order valence-corrected chi connectivity index (χ4v) is 1.64. The SMILES string of the molecule is CCc1nnc(C2CCNCC2)o1. The van der Waals surface area contributed by atoms with Crippen LogP contribution in [0.2, 0.25) is 0 Å². The molecule has 0 atom stereocenters. The number of hydrogen-bond acceptors (Lipinski definition) is 4. The van der Waals surface area contributed by atoms with Crippen LogP contribution >= 0.6 is 0 Å². The molecule has 2 rings (SSSR count). The van der Waals surface area contributed by atoms with E-state index in [4.69, 9.17) is 4.42 Å². The zero-order valence-corrected chi connectivity index (χ0v) is 7.92. The highest BCUT2D eigenvalue weighted by molar-refractivity contribution is 4.93. The van der Waals surface area contributed by atoms with Gasteiger partial charge in [-0.1, -0.05) is 6.92 Å². The van der Waals surface area contributed by atoms with Gasteiger partial charge in [0.15, 0.2) is 0 Å². The van der Waals surface area contributed by atoms with Crippen LogP contribution in [0.1, 0.15) is 37.5 Å². The maximum absolute atomic E-state index is 5.52. The second-order valence-electron chi connectivity index (χ2n) is 3.41. The second-order valence-corrected chi connectivity index (χ2v) is 3.41. The topological polar surface area (TPSA) is 51.0 Å². The first kappa shape index (κ1) is 8.69. The number of hydrogen-bond donors (Lipinski definition) is 1. The third-order valence-corrected chi connectivity index (χ3v) is 2.47. The third kappa shape index (κ3) is 1.88. The first-order valence-electron chi connectivity index (χ1n) is 4.93. The molecule has 4 nitrogen and oxygen atoms in total. The number of piperidine rings is 1. The molecule has 0 saturated carbocycles. The largest absolute Gasteiger partial charge is 0.425 e. The van der Waals surface area contributed by atoms with Crippen molar-refractivity contribution in [3.05, 3.63) is 11.8 Å². The van der Waals surface area contributed by atoms with E-state index < -0.39 is 0 Å². The van der Waals surface area contributed by atoms with Crippen molar-refractivity contribution in [1.29, 1.82) is 0 Å². The Kier molecular flexibility index (Phi) is 2.59. The van der Waals surface area contributed by atoms with Crippen LogP contribution in [0.5, 0.6) is 0 Å². The van der Waals surface area contributed by atoms with Gasteiger partial charge in [-0.25, -0.2) is 0 Å². The zero-order chi connectivity index (χ0) is 9.10. The molecule has 4 heteroatoms. The standard InChI is InChI=1S/C9H15N3O/c1-2-8-11-12-9(13-8)7-3-5-10-6-4-7/h7,10H,2-6H2,1H3. The summed E-state index contributed by atoms with van der Waals surface area (Å²) in [5.41, 5.74) is 0. The molecule has 2 heterocycles. The van der Waals surface area contributed by atoms with Gasteiger partial charge in [-0.15, -0.1) is 10.2 Å². The van der Waals surface area contributed by atoms with Gasteiger partial charge in [0.1, 0.15) is 0 Å². The van der Waals surface area contributed by atoms with Crippen molar-refractivity contribution in [2.24, 2.45) is 0 Å². The first-order valence-corrected chi connectivity index (χ1v) is 4.93. The van der Waals surface area contributed by atoms with Crippen LogP contribution in [0.3, 0.4) is 0 Å². The number of aromatic nitrogens is 2. The van der Waals surface area contributed by atoms with Gasteiger partial charge in [0, 0.05) is 12.3 Å². The molecule has 13 heavy (non-hydrogen) atoms. The molecule has 1 aliphatic heterocycles. The summed E-state index contributed by atoms with van der Waals surface area (Å²) < 4.78 is 5.52. The Hall–Kier alpha value is -0.900. The molecule has 1 N–H and O–H groups in total. The predicted octanol–water partition coefficient (Wildman–Crippen LogP) is 1.10. The molecule has 1 fully saturated rings. The van der Waals surface area contributed by atoms with Gasteiger partial charge >= 0.3 is 0 Å². The number of nitrogens with zero attached hydrogens (tertiary/aromatic N) is 2. The van der Waals surface area contributed by atoms with Crippen molar-refractivity contribution in [1.82, 2.24) is 15.5 Å². The molecule has 0 aliphatic carbocycles. The Bertz CT molecular complexity index is 266. The van der Waals surface area contributed by atoms with E-state index in [0.29, 0.717) is 5.92 Å². The molecule has 0 amide bonds. The summed E-state index contributed by atoms with van der Waals surface area (Å²) in [6.07, 6.45) is 3.06. The van der Waals surface area contributed by atoms with E-state index in [0.717, 1.165) is 44.1 Å². The van der Waals surface area contributed by atoms with E-state index in [2.05, 4.69) is 15.5 Å². The average Bonchev–Trinajstić information content (AvgIpc) is 2.67. The molecule has 72 valence electrons. The van der Waals surface area contributed by atoms with Crippen molar-refractivity contribution in [3.8, 4) is 0 Å². The lowest BCUT2D eigenvalue weighted by Gasteiger charge is -2.18. The van der Waals surface area contributed by atoms with E-state index in [1.165, 1.54) is 0 Å². The minimum atomic E-state index is 0.481. The molecule has 0 unspecified atom stereocenters. The lowest BCUT2D eigenvalue weighted by molar-refractivity contribution is 0.362. The highest BCUT2D eigenvalue weighted by Crippen LogP contribution is 2.23. The second kappa shape index (κ2) is 3.87. The van der Waals surface area contributed by atoms with Crippen molar-refractivity contribution in [2.45, 2.75) is 32.1 Å². The van der Waals surface area contributed by atoms with Crippen LogP contribution in [-0.2, 0) is 6.42 Å². The van der Waals surface area contributed by atoms with Crippen LogP contribution in [0.25, 0.3) is 0 Å². The minimum absolute atomic E-state index is 0.481. The van der Waals surface area contributed by atoms with Crippen LogP contribution in [0.4, 0.5) is 0 Å². The van der Waals surface area contributed by atoms with E-state index in [9.17, 15) is 0 Å². The van der Waals surface area contributed by atoms with Gasteiger partial charge in [0.05, 0.1) is 0 Å². The summed E-state index contributed by atoms with van der Waals surface area (Å²) in [7, 11) is 0. The molecule has 1 aromatic heterocycles. The summed E-state index contributed by atoms with van der Waals surface area (Å²) in [4.78, 5) is 0. The summed E-state index contributed by atoms with van der Waals surface area (Å²) in [5.74, 6) is 2.07. The third-order valence-electron chi connectivity index (χ3n) is 2.47. The Morgan fingerprint density at radius 2 is 2.15 bits per heavy atom. The molecule has 0 bridgehead atoms. The van der Waals surface area contributed by atoms with E-state index in [1.54, 1.807) is 0 Å². The maximum atomic E-state index is 5.52. The quantitative estimate of drug-likeness (QED) is 0.742. The molecule has 1 aromatic rings. The Morgan fingerprint density at radius 1 is 1.38 bits per heavy atom. The smallest absolute Gasteiger partial charge is 0.219 e. The molecule has 0 radical (unpaired) electrons. The normalized spacial score (nSPS) is 19.2. The number of nitrogens with one attached hydrogen (secondary N) is 1. The van der Waals surface area contributed by atoms with Gasteiger partial charge < -0.3 is 9.73 Å². The Labute approximate surface area is 77.7 Å². The van der Waals surface area contributed by atoms with Crippen molar-refractivity contribution in [3.63, 3.8) is 0 Å². The number of rotatable bonds is 2.